The number of imide groups is 1. The number of carbonyl (C=O) groups excluding carboxylic acids is 4. The van der Waals surface area contributed by atoms with Gasteiger partial charge in [-0.2, -0.15) is 0 Å². The van der Waals surface area contributed by atoms with Gasteiger partial charge in [-0.25, -0.2) is 4.79 Å². The van der Waals surface area contributed by atoms with E-state index in [1.807, 2.05) is 0 Å². The smallest absolute Gasteiger partial charge is 0.343 e. The number of rotatable bonds is 6. The van der Waals surface area contributed by atoms with Crippen LogP contribution in [0, 0.1) is 7.14 Å². The molecule has 0 aliphatic carbocycles. The molecule has 1 aromatic carbocycles. The Bertz CT molecular complexity index is 923. The number of esters is 1. The highest BCUT2D eigenvalue weighted by atomic mass is 127. The molecule has 2 aliphatic heterocycles. The molecule has 0 unspecified atom stereocenters. The van der Waals surface area contributed by atoms with Crippen LogP contribution in [-0.4, -0.2) is 66.2 Å². The molecule has 2 aliphatic rings. The molecule has 166 valence electrons. The third kappa shape index (κ3) is 6.12. The molecule has 3 rings (SSSR count). The van der Waals surface area contributed by atoms with E-state index < -0.39 is 17.1 Å². The van der Waals surface area contributed by atoms with Crippen LogP contribution in [0.25, 0.3) is 6.08 Å². The quantitative estimate of drug-likeness (QED) is 0.260. The number of methoxy groups -OCH3 is 1. The molecule has 0 saturated carbocycles. The first-order valence-electron chi connectivity index (χ1n) is 9.52. The summed E-state index contributed by atoms with van der Waals surface area (Å²) >= 11 is 4.99. The zero-order valence-electron chi connectivity index (χ0n) is 16.7. The van der Waals surface area contributed by atoms with E-state index in [0.29, 0.717) is 24.4 Å². The van der Waals surface area contributed by atoms with Crippen LogP contribution in [0.1, 0.15) is 24.8 Å². The van der Waals surface area contributed by atoms with Crippen molar-refractivity contribution >= 4 is 86.0 Å². The second kappa shape index (κ2) is 11.0. The second-order valence-electron chi connectivity index (χ2n) is 6.89. The molecule has 0 bridgehead atoms. The number of carbonyl (C=O) groups is 4. The molecule has 3 amide bonds. The maximum absolute atomic E-state index is 12.8. The van der Waals surface area contributed by atoms with Crippen molar-refractivity contribution in [3.8, 4) is 5.75 Å². The molecule has 0 spiro atoms. The molecular weight excluding hydrogens is 650 g/mol. The zero-order chi connectivity index (χ0) is 22.5. The second-order valence-corrected chi connectivity index (χ2v) is 10.2. The van der Waals surface area contributed by atoms with E-state index >= 15 is 0 Å². The standard InChI is InChI=1S/C20H20I2N2O6S/c1-29-17(26)11-30-18-13(21)7-12(8-14(18)22)9-15-19(27)24(20(28)31-15)10-16(25)23-5-3-2-4-6-23/h7-9H,2-6,10-11H2,1H3/b15-9-. The Balaban J connectivity index is 1.71. The van der Waals surface area contributed by atoms with E-state index in [4.69, 9.17) is 4.74 Å². The summed E-state index contributed by atoms with van der Waals surface area (Å²) in [4.78, 5) is 51.9. The Kier molecular flexibility index (Phi) is 8.61. The highest BCUT2D eigenvalue weighted by Gasteiger charge is 2.37. The summed E-state index contributed by atoms with van der Waals surface area (Å²) in [5.41, 5.74) is 0.715. The van der Waals surface area contributed by atoms with Crippen molar-refractivity contribution in [1.29, 1.82) is 0 Å². The van der Waals surface area contributed by atoms with Gasteiger partial charge < -0.3 is 14.4 Å². The molecule has 0 radical (unpaired) electrons. The lowest BCUT2D eigenvalue weighted by Crippen LogP contribution is -2.44. The number of amides is 3. The first kappa shape index (κ1) is 24.3. The van der Waals surface area contributed by atoms with Crippen LogP contribution in [0.15, 0.2) is 17.0 Å². The molecular formula is C20H20I2N2O6S. The van der Waals surface area contributed by atoms with E-state index in [1.54, 1.807) is 23.1 Å². The Morgan fingerprint density at radius 1 is 1.13 bits per heavy atom. The summed E-state index contributed by atoms with van der Waals surface area (Å²) in [5, 5.41) is -0.441. The topological polar surface area (TPSA) is 93.2 Å². The number of ether oxygens (including phenoxy) is 2. The number of nitrogens with zero attached hydrogens (tertiary/aromatic N) is 2. The Labute approximate surface area is 211 Å². The van der Waals surface area contributed by atoms with Crippen LogP contribution in [-0.2, 0) is 19.1 Å². The minimum absolute atomic E-state index is 0.195. The van der Waals surface area contributed by atoms with Crippen molar-refractivity contribution in [1.82, 2.24) is 9.80 Å². The molecule has 0 atom stereocenters. The van der Waals surface area contributed by atoms with Crippen molar-refractivity contribution in [3.05, 3.63) is 29.7 Å². The predicted octanol–water partition coefficient (Wildman–Crippen LogP) is 3.50. The van der Waals surface area contributed by atoms with Crippen LogP contribution in [0.5, 0.6) is 5.75 Å². The maximum Gasteiger partial charge on any atom is 0.343 e. The maximum atomic E-state index is 12.8. The minimum atomic E-state index is -0.483. The van der Waals surface area contributed by atoms with Crippen molar-refractivity contribution in [2.75, 3.05) is 33.4 Å². The van der Waals surface area contributed by atoms with Gasteiger partial charge in [-0.3, -0.25) is 19.3 Å². The highest BCUT2D eigenvalue weighted by molar-refractivity contribution is 14.1. The van der Waals surface area contributed by atoms with E-state index in [1.165, 1.54) is 7.11 Å². The predicted molar refractivity (Wildman–Crippen MR) is 132 cm³/mol. The number of benzene rings is 1. The van der Waals surface area contributed by atoms with Gasteiger partial charge in [-0.1, -0.05) is 0 Å². The van der Waals surface area contributed by atoms with E-state index in [0.717, 1.165) is 43.1 Å². The molecule has 0 aromatic heterocycles. The molecule has 2 fully saturated rings. The highest BCUT2D eigenvalue weighted by Crippen LogP contribution is 2.35. The van der Waals surface area contributed by atoms with Gasteiger partial charge in [0.2, 0.25) is 5.91 Å². The normalized spacial score (nSPS) is 18.0. The average molecular weight is 670 g/mol. The fourth-order valence-electron chi connectivity index (χ4n) is 3.16. The van der Waals surface area contributed by atoms with Gasteiger partial charge >= 0.3 is 5.97 Å². The van der Waals surface area contributed by atoms with Crippen LogP contribution in [0.3, 0.4) is 0 Å². The van der Waals surface area contributed by atoms with Gasteiger partial charge in [0.1, 0.15) is 12.3 Å². The van der Waals surface area contributed by atoms with Crippen LogP contribution in [0.4, 0.5) is 4.79 Å². The Hall–Kier alpha value is -1.35. The molecule has 2 heterocycles. The fourth-order valence-corrected chi connectivity index (χ4v) is 6.12. The largest absolute Gasteiger partial charge is 0.480 e. The number of piperidine rings is 1. The first-order valence-corrected chi connectivity index (χ1v) is 12.5. The lowest BCUT2D eigenvalue weighted by Gasteiger charge is -2.27. The Morgan fingerprint density at radius 2 is 1.77 bits per heavy atom. The molecule has 31 heavy (non-hydrogen) atoms. The minimum Gasteiger partial charge on any atom is -0.480 e. The summed E-state index contributed by atoms with van der Waals surface area (Å²) in [6, 6.07) is 3.59. The van der Waals surface area contributed by atoms with Crippen molar-refractivity contribution in [2.24, 2.45) is 0 Å². The third-order valence-corrected chi connectivity index (χ3v) is 7.27. The van der Waals surface area contributed by atoms with Gasteiger partial charge in [0.25, 0.3) is 11.1 Å². The van der Waals surface area contributed by atoms with Gasteiger partial charge in [0.15, 0.2) is 6.61 Å². The molecule has 0 N–H and O–H groups in total. The SMILES string of the molecule is COC(=O)COc1c(I)cc(/C=C2\SC(=O)N(CC(=O)N3CCCCC3)C2=O)cc1I. The number of halogens is 2. The molecule has 11 heteroatoms. The third-order valence-electron chi connectivity index (χ3n) is 4.76. The van der Waals surface area contributed by atoms with Gasteiger partial charge in [0.05, 0.1) is 19.2 Å². The van der Waals surface area contributed by atoms with Crippen molar-refractivity contribution < 1.29 is 28.7 Å². The van der Waals surface area contributed by atoms with Crippen LogP contribution >= 0.6 is 56.9 Å². The lowest BCUT2D eigenvalue weighted by molar-refractivity contribution is -0.143. The van der Waals surface area contributed by atoms with Crippen LogP contribution in [0.2, 0.25) is 0 Å². The van der Waals surface area contributed by atoms with Gasteiger partial charge in [0, 0.05) is 13.1 Å². The summed E-state index contributed by atoms with van der Waals surface area (Å²) in [6.07, 6.45) is 4.62. The summed E-state index contributed by atoms with van der Waals surface area (Å²) in [5.74, 6) is -0.594. The summed E-state index contributed by atoms with van der Waals surface area (Å²) in [6.45, 7) is 0.918. The monoisotopic (exact) mass is 670 g/mol. The van der Waals surface area contributed by atoms with Gasteiger partial charge in [-0.15, -0.1) is 0 Å². The average Bonchev–Trinajstić information content (AvgIpc) is 3.00. The van der Waals surface area contributed by atoms with Crippen molar-refractivity contribution in [3.63, 3.8) is 0 Å². The number of hydrogen-bond donors (Lipinski definition) is 0. The van der Waals surface area contributed by atoms with Crippen molar-refractivity contribution in [2.45, 2.75) is 19.3 Å². The number of likely N-dealkylation sites (tertiary alicyclic amines) is 1. The number of thioether (sulfide) groups is 1. The Morgan fingerprint density at radius 3 is 2.39 bits per heavy atom. The summed E-state index contributed by atoms with van der Waals surface area (Å²) < 4.78 is 11.6. The van der Waals surface area contributed by atoms with E-state index in [9.17, 15) is 19.2 Å². The molecule has 1 aromatic rings. The molecule has 8 nitrogen and oxygen atoms in total. The number of hydrogen-bond acceptors (Lipinski definition) is 7. The zero-order valence-corrected chi connectivity index (χ0v) is 21.8. The van der Waals surface area contributed by atoms with Gasteiger partial charge in [-0.05, 0) is 100.0 Å². The fraction of sp³-hybridized carbons (Fsp3) is 0.400. The van der Waals surface area contributed by atoms with E-state index in [2.05, 4.69) is 49.9 Å². The van der Waals surface area contributed by atoms with Crippen LogP contribution < -0.4 is 4.74 Å². The molecule has 2 saturated heterocycles. The lowest BCUT2D eigenvalue weighted by atomic mass is 10.1. The van der Waals surface area contributed by atoms with E-state index in [-0.39, 0.29) is 24.0 Å². The summed E-state index contributed by atoms with van der Waals surface area (Å²) in [7, 11) is 1.29. The first-order chi connectivity index (χ1) is 14.8.